The summed E-state index contributed by atoms with van der Waals surface area (Å²) >= 11 is 1.31. The zero-order chi connectivity index (χ0) is 13.1. The summed E-state index contributed by atoms with van der Waals surface area (Å²) in [7, 11) is 1.74. The van der Waals surface area contributed by atoms with Gasteiger partial charge in [0.15, 0.2) is 5.16 Å². The predicted molar refractivity (Wildman–Crippen MR) is 66.1 cm³/mol. The number of anilines is 1. The van der Waals surface area contributed by atoms with Gasteiger partial charge in [0, 0.05) is 12.8 Å². The molecule has 92 valence electrons. The van der Waals surface area contributed by atoms with Crippen molar-refractivity contribution in [2.75, 3.05) is 5.73 Å². The topological polar surface area (TPSA) is 80.5 Å². The van der Waals surface area contributed by atoms with Crippen molar-refractivity contribution in [3.63, 3.8) is 0 Å². The van der Waals surface area contributed by atoms with E-state index in [1.165, 1.54) is 17.8 Å². The van der Waals surface area contributed by atoms with E-state index in [1.807, 2.05) is 6.07 Å². The fourth-order valence-corrected chi connectivity index (χ4v) is 2.27. The summed E-state index contributed by atoms with van der Waals surface area (Å²) in [6.45, 7) is 0. The van der Waals surface area contributed by atoms with Crippen molar-refractivity contribution in [3.05, 3.63) is 35.1 Å². The molecule has 5 nitrogen and oxygen atoms in total. The maximum Gasteiger partial charge on any atom is 0.222 e. The van der Waals surface area contributed by atoms with Crippen molar-refractivity contribution >= 4 is 17.7 Å². The third-order valence-electron chi connectivity index (χ3n) is 2.42. The van der Waals surface area contributed by atoms with E-state index in [0.29, 0.717) is 22.4 Å². The third-order valence-corrected chi connectivity index (χ3v) is 3.49. The molecule has 18 heavy (non-hydrogen) atoms. The number of hydrogen-bond acceptors (Lipinski definition) is 5. The van der Waals surface area contributed by atoms with Gasteiger partial charge in [-0.3, -0.25) is 4.57 Å². The third kappa shape index (κ3) is 2.28. The molecule has 0 bridgehead atoms. The average Bonchev–Trinajstić information content (AvgIpc) is 2.69. The van der Waals surface area contributed by atoms with E-state index in [-0.39, 0.29) is 5.56 Å². The quantitative estimate of drug-likeness (QED) is 0.852. The number of benzene rings is 1. The smallest absolute Gasteiger partial charge is 0.222 e. The zero-order valence-electron chi connectivity index (χ0n) is 9.59. The van der Waals surface area contributed by atoms with Gasteiger partial charge in [-0.2, -0.15) is 5.26 Å². The van der Waals surface area contributed by atoms with Gasteiger partial charge >= 0.3 is 0 Å². The van der Waals surface area contributed by atoms with Crippen LogP contribution in [0, 0.1) is 17.1 Å². The minimum atomic E-state index is -0.484. The Bertz CT molecular complexity index is 616. The molecule has 0 amide bonds. The van der Waals surface area contributed by atoms with E-state index in [2.05, 4.69) is 10.2 Å². The van der Waals surface area contributed by atoms with Crippen molar-refractivity contribution in [1.29, 1.82) is 5.26 Å². The Morgan fingerprint density at radius 2 is 2.28 bits per heavy atom. The number of nitrogen functional groups attached to an aromatic ring is 1. The van der Waals surface area contributed by atoms with Gasteiger partial charge in [0.05, 0.1) is 5.56 Å². The van der Waals surface area contributed by atoms with Gasteiger partial charge in [-0.25, -0.2) is 4.39 Å². The van der Waals surface area contributed by atoms with Gasteiger partial charge in [0.2, 0.25) is 5.95 Å². The van der Waals surface area contributed by atoms with Gasteiger partial charge in [-0.15, -0.1) is 10.2 Å². The lowest BCUT2D eigenvalue weighted by atomic mass is 10.1. The molecule has 0 spiro atoms. The van der Waals surface area contributed by atoms with Gasteiger partial charge in [-0.05, 0) is 11.6 Å². The fourth-order valence-electron chi connectivity index (χ4n) is 1.37. The Labute approximate surface area is 107 Å². The van der Waals surface area contributed by atoms with Gasteiger partial charge < -0.3 is 5.73 Å². The lowest BCUT2D eigenvalue weighted by Crippen LogP contribution is -1.98. The first-order valence-electron chi connectivity index (χ1n) is 5.08. The minimum absolute atomic E-state index is 0.0468. The lowest BCUT2D eigenvalue weighted by Gasteiger charge is -2.04. The van der Waals surface area contributed by atoms with E-state index in [0.717, 1.165) is 0 Å². The number of nitrogens with two attached hydrogens (primary N) is 1. The van der Waals surface area contributed by atoms with E-state index in [1.54, 1.807) is 23.7 Å². The summed E-state index contributed by atoms with van der Waals surface area (Å²) in [5, 5.41) is 16.9. The summed E-state index contributed by atoms with van der Waals surface area (Å²) < 4.78 is 15.4. The summed E-state index contributed by atoms with van der Waals surface area (Å²) in [6.07, 6.45) is 0. The highest BCUT2D eigenvalue weighted by atomic mass is 32.2. The van der Waals surface area contributed by atoms with Crippen LogP contribution in [0.2, 0.25) is 0 Å². The van der Waals surface area contributed by atoms with Crippen molar-refractivity contribution in [1.82, 2.24) is 14.8 Å². The van der Waals surface area contributed by atoms with Crippen molar-refractivity contribution in [2.24, 2.45) is 7.05 Å². The van der Waals surface area contributed by atoms with E-state index < -0.39 is 5.82 Å². The van der Waals surface area contributed by atoms with Crippen LogP contribution in [0.5, 0.6) is 0 Å². The SMILES string of the molecule is Cn1c(N)nnc1SCc1cccc(C#N)c1F. The number of nitrogens with zero attached hydrogens (tertiary/aromatic N) is 4. The monoisotopic (exact) mass is 263 g/mol. The first kappa shape index (κ1) is 12.4. The number of thioether (sulfide) groups is 1. The molecule has 1 aromatic carbocycles. The molecule has 1 aromatic heterocycles. The average molecular weight is 263 g/mol. The second-order valence-electron chi connectivity index (χ2n) is 3.58. The molecule has 0 aliphatic carbocycles. The Morgan fingerprint density at radius 3 is 2.89 bits per heavy atom. The highest BCUT2D eigenvalue weighted by molar-refractivity contribution is 7.98. The van der Waals surface area contributed by atoms with Crippen LogP contribution in [-0.2, 0) is 12.8 Å². The number of nitriles is 1. The van der Waals surface area contributed by atoms with Crippen LogP contribution in [0.4, 0.5) is 10.3 Å². The zero-order valence-corrected chi connectivity index (χ0v) is 10.4. The van der Waals surface area contributed by atoms with Crippen LogP contribution in [0.25, 0.3) is 0 Å². The molecule has 1 heterocycles. The molecular formula is C11H10FN5S. The molecule has 0 aliphatic rings. The molecule has 0 atom stereocenters. The minimum Gasteiger partial charge on any atom is -0.368 e. The van der Waals surface area contributed by atoms with Crippen molar-refractivity contribution in [3.8, 4) is 6.07 Å². The standard InChI is InChI=1S/C11H10FN5S/c1-17-10(14)15-16-11(17)18-6-8-4-2-3-7(5-13)9(8)12/h2-4H,6H2,1H3,(H2,14,15). The summed E-state index contributed by atoms with van der Waals surface area (Å²) in [4.78, 5) is 0. The van der Waals surface area contributed by atoms with Gasteiger partial charge in [0.1, 0.15) is 11.9 Å². The molecule has 0 fully saturated rings. The normalized spacial score (nSPS) is 10.3. The summed E-state index contributed by atoms with van der Waals surface area (Å²) in [5.41, 5.74) is 6.05. The molecule has 2 aromatic rings. The largest absolute Gasteiger partial charge is 0.368 e. The van der Waals surface area contributed by atoms with Gasteiger partial charge in [-0.1, -0.05) is 23.9 Å². The number of aromatic nitrogens is 3. The second kappa shape index (κ2) is 5.06. The number of rotatable bonds is 3. The van der Waals surface area contributed by atoms with Crippen LogP contribution >= 0.6 is 11.8 Å². The first-order chi connectivity index (χ1) is 8.63. The number of hydrogen-bond donors (Lipinski definition) is 1. The molecule has 0 saturated carbocycles. The van der Waals surface area contributed by atoms with Crippen molar-refractivity contribution < 1.29 is 4.39 Å². The van der Waals surface area contributed by atoms with E-state index >= 15 is 0 Å². The summed E-state index contributed by atoms with van der Waals surface area (Å²) in [6, 6.07) is 6.56. The molecule has 0 saturated heterocycles. The Kier molecular flexibility index (Phi) is 3.48. The Balaban J connectivity index is 2.16. The van der Waals surface area contributed by atoms with Crippen LogP contribution in [0.1, 0.15) is 11.1 Å². The van der Waals surface area contributed by atoms with Crippen LogP contribution in [-0.4, -0.2) is 14.8 Å². The van der Waals surface area contributed by atoms with Crippen LogP contribution < -0.4 is 5.73 Å². The molecule has 0 unspecified atom stereocenters. The second-order valence-corrected chi connectivity index (χ2v) is 4.52. The van der Waals surface area contributed by atoms with E-state index in [4.69, 9.17) is 11.0 Å². The molecule has 0 radical (unpaired) electrons. The Hall–Kier alpha value is -2.07. The lowest BCUT2D eigenvalue weighted by molar-refractivity contribution is 0.613. The molecule has 7 heteroatoms. The molecular weight excluding hydrogens is 253 g/mol. The highest BCUT2D eigenvalue weighted by Gasteiger charge is 2.10. The molecule has 0 aliphatic heterocycles. The van der Waals surface area contributed by atoms with Crippen molar-refractivity contribution in [2.45, 2.75) is 10.9 Å². The summed E-state index contributed by atoms with van der Waals surface area (Å²) in [5.74, 6) is 0.194. The number of halogens is 1. The molecule has 2 rings (SSSR count). The Morgan fingerprint density at radius 1 is 1.50 bits per heavy atom. The van der Waals surface area contributed by atoms with Crippen LogP contribution in [0.15, 0.2) is 23.4 Å². The fraction of sp³-hybridized carbons (Fsp3) is 0.182. The maximum absolute atomic E-state index is 13.8. The predicted octanol–water partition coefficient (Wildman–Crippen LogP) is 1.70. The van der Waals surface area contributed by atoms with Crippen LogP contribution in [0.3, 0.4) is 0 Å². The first-order valence-corrected chi connectivity index (χ1v) is 6.07. The highest BCUT2D eigenvalue weighted by Crippen LogP contribution is 2.24. The maximum atomic E-state index is 13.8. The van der Waals surface area contributed by atoms with Gasteiger partial charge in [0.25, 0.3) is 0 Å². The molecule has 2 N–H and O–H groups in total. The van der Waals surface area contributed by atoms with E-state index in [9.17, 15) is 4.39 Å².